The molecule has 0 heterocycles. The lowest BCUT2D eigenvalue weighted by atomic mass is 10.1. The zero-order valence-corrected chi connectivity index (χ0v) is 6.37. The molecule has 56 valence electrons. The SMILES string of the molecule is CCC(C#N)CC=NOC. The van der Waals surface area contributed by atoms with E-state index in [9.17, 15) is 0 Å². The third-order valence-corrected chi connectivity index (χ3v) is 1.25. The van der Waals surface area contributed by atoms with Crippen LogP contribution in [0.2, 0.25) is 0 Å². The molecule has 10 heavy (non-hydrogen) atoms. The molecule has 3 heteroatoms. The topological polar surface area (TPSA) is 45.4 Å². The Balaban J connectivity index is 3.46. The molecule has 0 saturated heterocycles. The Hall–Kier alpha value is -1.04. The van der Waals surface area contributed by atoms with Gasteiger partial charge in [0.15, 0.2) is 0 Å². The largest absolute Gasteiger partial charge is 0.399 e. The number of nitrogens with zero attached hydrogens (tertiary/aromatic N) is 2. The van der Waals surface area contributed by atoms with Crippen LogP contribution in [-0.4, -0.2) is 13.3 Å². The van der Waals surface area contributed by atoms with Crippen molar-refractivity contribution in [2.24, 2.45) is 11.1 Å². The summed E-state index contributed by atoms with van der Waals surface area (Å²) >= 11 is 0. The first-order valence-corrected chi connectivity index (χ1v) is 3.29. The van der Waals surface area contributed by atoms with Gasteiger partial charge in [-0.2, -0.15) is 5.26 Å². The van der Waals surface area contributed by atoms with Gasteiger partial charge < -0.3 is 4.84 Å². The number of rotatable bonds is 4. The fourth-order valence-electron chi connectivity index (χ4n) is 0.555. The second-order valence-corrected chi connectivity index (χ2v) is 1.94. The molecule has 1 unspecified atom stereocenters. The summed E-state index contributed by atoms with van der Waals surface area (Å²) in [5.41, 5.74) is 0. The zero-order chi connectivity index (χ0) is 7.82. The molecule has 3 nitrogen and oxygen atoms in total. The lowest BCUT2D eigenvalue weighted by Gasteiger charge is -1.97. The molecule has 0 N–H and O–H groups in total. The average molecular weight is 140 g/mol. The Bertz CT molecular complexity index is 137. The number of hydrogen-bond acceptors (Lipinski definition) is 3. The van der Waals surface area contributed by atoms with Gasteiger partial charge >= 0.3 is 0 Å². The first-order valence-electron chi connectivity index (χ1n) is 3.29. The van der Waals surface area contributed by atoms with E-state index < -0.39 is 0 Å². The minimum atomic E-state index is 0.0823. The third kappa shape index (κ3) is 3.90. The molecule has 0 rings (SSSR count). The molecule has 0 aromatic rings. The Morgan fingerprint density at radius 1 is 1.80 bits per heavy atom. The summed E-state index contributed by atoms with van der Waals surface area (Å²) in [6.45, 7) is 1.98. The van der Waals surface area contributed by atoms with Gasteiger partial charge in [0.25, 0.3) is 0 Å². The van der Waals surface area contributed by atoms with Crippen molar-refractivity contribution >= 4 is 6.21 Å². The molecular weight excluding hydrogens is 128 g/mol. The Morgan fingerprint density at radius 2 is 2.50 bits per heavy atom. The second kappa shape index (κ2) is 6.09. The van der Waals surface area contributed by atoms with Crippen molar-refractivity contribution in [3.8, 4) is 6.07 Å². The van der Waals surface area contributed by atoms with Gasteiger partial charge in [-0.1, -0.05) is 12.1 Å². The fourth-order valence-corrected chi connectivity index (χ4v) is 0.555. The van der Waals surface area contributed by atoms with Crippen LogP contribution in [0.1, 0.15) is 19.8 Å². The smallest absolute Gasteiger partial charge is 0.106 e. The molecule has 1 atom stereocenters. The number of nitriles is 1. The first kappa shape index (κ1) is 8.96. The van der Waals surface area contributed by atoms with Crippen LogP contribution < -0.4 is 0 Å². The summed E-state index contributed by atoms with van der Waals surface area (Å²) in [4.78, 5) is 4.44. The van der Waals surface area contributed by atoms with Crippen molar-refractivity contribution in [3.05, 3.63) is 0 Å². The number of oxime groups is 1. The highest BCUT2D eigenvalue weighted by Gasteiger charge is 1.99. The molecule has 0 aliphatic carbocycles. The van der Waals surface area contributed by atoms with Crippen LogP contribution in [0.5, 0.6) is 0 Å². The number of hydrogen-bond donors (Lipinski definition) is 0. The summed E-state index contributed by atoms with van der Waals surface area (Å²) < 4.78 is 0. The molecule has 0 bridgehead atoms. The van der Waals surface area contributed by atoms with Gasteiger partial charge in [0, 0.05) is 12.6 Å². The van der Waals surface area contributed by atoms with Gasteiger partial charge in [-0.3, -0.25) is 0 Å². The van der Waals surface area contributed by atoms with E-state index in [1.807, 2.05) is 6.92 Å². The van der Waals surface area contributed by atoms with Crippen LogP contribution in [0.3, 0.4) is 0 Å². The molecule has 0 saturated carbocycles. The van der Waals surface area contributed by atoms with Crippen LogP contribution in [0, 0.1) is 17.2 Å². The molecule has 0 aliphatic rings. The molecule has 0 radical (unpaired) electrons. The molecule has 0 aromatic carbocycles. The fraction of sp³-hybridized carbons (Fsp3) is 0.714. The highest BCUT2D eigenvalue weighted by Crippen LogP contribution is 2.03. The third-order valence-electron chi connectivity index (χ3n) is 1.25. The van der Waals surface area contributed by atoms with E-state index in [2.05, 4.69) is 16.1 Å². The van der Waals surface area contributed by atoms with Gasteiger partial charge in [0.2, 0.25) is 0 Å². The van der Waals surface area contributed by atoms with Crippen LogP contribution in [0.15, 0.2) is 5.16 Å². The van der Waals surface area contributed by atoms with Gasteiger partial charge in [-0.05, 0) is 6.42 Å². The van der Waals surface area contributed by atoms with Gasteiger partial charge in [0.05, 0.1) is 12.0 Å². The highest BCUT2D eigenvalue weighted by atomic mass is 16.6. The van der Waals surface area contributed by atoms with Crippen LogP contribution >= 0.6 is 0 Å². The van der Waals surface area contributed by atoms with Crippen molar-refractivity contribution in [2.75, 3.05) is 7.11 Å². The van der Waals surface area contributed by atoms with Crippen molar-refractivity contribution in [1.82, 2.24) is 0 Å². The van der Waals surface area contributed by atoms with Crippen LogP contribution in [0.25, 0.3) is 0 Å². The average Bonchev–Trinajstić information content (AvgIpc) is 1.99. The van der Waals surface area contributed by atoms with E-state index in [0.717, 1.165) is 6.42 Å². The van der Waals surface area contributed by atoms with Crippen molar-refractivity contribution in [3.63, 3.8) is 0 Å². The first-order chi connectivity index (χ1) is 4.85. The molecule has 0 fully saturated rings. The van der Waals surface area contributed by atoms with E-state index in [1.54, 1.807) is 6.21 Å². The van der Waals surface area contributed by atoms with E-state index in [1.165, 1.54) is 7.11 Å². The van der Waals surface area contributed by atoms with Gasteiger partial charge in [-0.25, -0.2) is 0 Å². The van der Waals surface area contributed by atoms with Crippen molar-refractivity contribution < 1.29 is 4.84 Å². The zero-order valence-electron chi connectivity index (χ0n) is 6.37. The lowest BCUT2D eigenvalue weighted by molar-refractivity contribution is 0.214. The van der Waals surface area contributed by atoms with E-state index in [4.69, 9.17) is 5.26 Å². The Morgan fingerprint density at radius 3 is 2.90 bits per heavy atom. The Kier molecular flexibility index (Phi) is 5.45. The molecular formula is C7H12N2O. The second-order valence-electron chi connectivity index (χ2n) is 1.94. The predicted molar refractivity (Wildman–Crippen MR) is 39.5 cm³/mol. The summed E-state index contributed by atoms with van der Waals surface area (Å²) in [7, 11) is 1.49. The molecule has 0 amide bonds. The Labute approximate surface area is 61.3 Å². The maximum Gasteiger partial charge on any atom is 0.106 e. The monoisotopic (exact) mass is 140 g/mol. The maximum absolute atomic E-state index is 8.47. The lowest BCUT2D eigenvalue weighted by Crippen LogP contribution is -1.94. The van der Waals surface area contributed by atoms with E-state index in [0.29, 0.717) is 6.42 Å². The minimum Gasteiger partial charge on any atom is -0.399 e. The van der Waals surface area contributed by atoms with Crippen LogP contribution in [-0.2, 0) is 4.84 Å². The molecule has 0 spiro atoms. The standard InChI is InChI=1S/C7H12N2O/c1-3-7(6-8)4-5-9-10-2/h5,7H,3-4H2,1-2H3. The highest BCUT2D eigenvalue weighted by molar-refractivity contribution is 5.57. The van der Waals surface area contributed by atoms with Crippen LogP contribution in [0.4, 0.5) is 0 Å². The van der Waals surface area contributed by atoms with E-state index >= 15 is 0 Å². The predicted octanol–water partition coefficient (Wildman–Crippen LogP) is 1.56. The van der Waals surface area contributed by atoms with Crippen molar-refractivity contribution in [1.29, 1.82) is 5.26 Å². The minimum absolute atomic E-state index is 0.0823. The van der Waals surface area contributed by atoms with E-state index in [-0.39, 0.29) is 5.92 Å². The summed E-state index contributed by atoms with van der Waals surface area (Å²) in [6.07, 6.45) is 3.17. The summed E-state index contributed by atoms with van der Waals surface area (Å²) in [5, 5.41) is 12.0. The summed E-state index contributed by atoms with van der Waals surface area (Å²) in [5.74, 6) is 0.0823. The normalized spacial score (nSPS) is 12.9. The van der Waals surface area contributed by atoms with Gasteiger partial charge in [0.1, 0.15) is 7.11 Å². The van der Waals surface area contributed by atoms with Gasteiger partial charge in [-0.15, -0.1) is 0 Å². The summed E-state index contributed by atoms with van der Waals surface area (Å²) in [6, 6.07) is 2.16. The quantitative estimate of drug-likeness (QED) is 0.439. The molecule has 0 aliphatic heterocycles. The maximum atomic E-state index is 8.47. The van der Waals surface area contributed by atoms with Crippen molar-refractivity contribution in [2.45, 2.75) is 19.8 Å². The molecule has 0 aromatic heterocycles.